The van der Waals surface area contributed by atoms with Crippen LogP contribution < -0.4 is 4.90 Å². The zero-order valence-corrected chi connectivity index (χ0v) is 25.3. The van der Waals surface area contributed by atoms with E-state index in [1.165, 1.54) is 50.1 Å². The molecule has 7 aromatic carbocycles. The number of nitrogens with zero attached hydrogens (tertiary/aromatic N) is 1. The van der Waals surface area contributed by atoms with Gasteiger partial charge in [0.2, 0.25) is 0 Å². The normalized spacial score (nSPS) is 14.9. The number of fused-ring (bicyclic) bond motifs is 3. The van der Waals surface area contributed by atoms with E-state index in [-0.39, 0.29) is 5.41 Å². The average molecular weight is 576 g/mol. The minimum atomic E-state index is -0.266. The molecule has 0 saturated heterocycles. The van der Waals surface area contributed by atoms with E-state index >= 15 is 0 Å². The van der Waals surface area contributed by atoms with Gasteiger partial charge in [0.1, 0.15) is 0 Å². The molecule has 45 heavy (non-hydrogen) atoms. The molecule has 0 spiro atoms. The third kappa shape index (κ3) is 4.65. The van der Waals surface area contributed by atoms with Gasteiger partial charge < -0.3 is 4.90 Å². The minimum Gasteiger partial charge on any atom is -0.310 e. The highest BCUT2D eigenvalue weighted by molar-refractivity contribution is 5.88. The summed E-state index contributed by atoms with van der Waals surface area (Å²) in [5, 5.41) is 0. The molecule has 0 amide bonds. The van der Waals surface area contributed by atoms with Crippen molar-refractivity contribution in [3.05, 3.63) is 199 Å². The highest BCUT2D eigenvalue weighted by Gasteiger charge is 2.41. The van der Waals surface area contributed by atoms with Crippen LogP contribution in [-0.2, 0) is 5.41 Å². The summed E-state index contributed by atoms with van der Waals surface area (Å²) in [5.41, 5.74) is 14.6. The van der Waals surface area contributed by atoms with Crippen LogP contribution in [0.3, 0.4) is 0 Å². The first-order chi connectivity index (χ1) is 22.2. The first kappa shape index (κ1) is 26.9. The van der Waals surface area contributed by atoms with Gasteiger partial charge in [0.15, 0.2) is 0 Å². The van der Waals surface area contributed by atoms with Gasteiger partial charge in [-0.05, 0) is 93.4 Å². The van der Waals surface area contributed by atoms with Crippen molar-refractivity contribution in [3.63, 3.8) is 0 Å². The molecule has 0 bridgehead atoms. The molecule has 1 unspecified atom stereocenters. The number of benzene rings is 7. The Morgan fingerprint density at radius 1 is 0.356 bits per heavy atom. The van der Waals surface area contributed by atoms with Crippen molar-refractivity contribution in [3.8, 4) is 33.4 Å². The van der Waals surface area contributed by atoms with Crippen molar-refractivity contribution in [2.75, 3.05) is 4.90 Å². The molecule has 214 valence electrons. The summed E-state index contributed by atoms with van der Waals surface area (Å²) in [5.74, 6) is 0. The van der Waals surface area contributed by atoms with Gasteiger partial charge in [-0.15, -0.1) is 0 Å². The maximum Gasteiger partial charge on any atom is 0.0467 e. The van der Waals surface area contributed by atoms with Gasteiger partial charge in [0.05, 0.1) is 0 Å². The van der Waals surface area contributed by atoms with Gasteiger partial charge >= 0.3 is 0 Å². The zero-order chi connectivity index (χ0) is 30.2. The molecule has 1 heteroatoms. The van der Waals surface area contributed by atoms with E-state index in [0.717, 1.165) is 17.1 Å². The average Bonchev–Trinajstić information content (AvgIpc) is 3.38. The number of rotatable bonds is 6. The summed E-state index contributed by atoms with van der Waals surface area (Å²) in [4.78, 5) is 2.40. The van der Waals surface area contributed by atoms with Gasteiger partial charge in [-0.2, -0.15) is 0 Å². The lowest BCUT2D eigenvalue weighted by Gasteiger charge is -2.31. The maximum absolute atomic E-state index is 2.42. The van der Waals surface area contributed by atoms with E-state index in [0.29, 0.717) is 0 Å². The Balaban J connectivity index is 1.31. The van der Waals surface area contributed by atoms with Gasteiger partial charge in [0.25, 0.3) is 0 Å². The number of hydrogen-bond acceptors (Lipinski definition) is 1. The molecule has 0 heterocycles. The molecular formula is C44H33N. The molecule has 0 radical (unpaired) electrons. The van der Waals surface area contributed by atoms with Crippen molar-refractivity contribution in [1.82, 2.24) is 0 Å². The molecular weight excluding hydrogens is 542 g/mol. The zero-order valence-electron chi connectivity index (χ0n) is 25.3. The Bertz CT molecular complexity index is 2100. The van der Waals surface area contributed by atoms with E-state index in [1.807, 2.05) is 0 Å². The van der Waals surface area contributed by atoms with Crippen molar-refractivity contribution in [2.45, 2.75) is 12.3 Å². The highest BCUT2D eigenvalue weighted by atomic mass is 15.1. The third-order valence-electron chi connectivity index (χ3n) is 9.35. The predicted molar refractivity (Wildman–Crippen MR) is 189 cm³/mol. The molecule has 0 aliphatic heterocycles. The van der Waals surface area contributed by atoms with Crippen LogP contribution in [0.15, 0.2) is 182 Å². The lowest BCUT2D eigenvalue weighted by molar-refractivity contribution is 0.714. The van der Waals surface area contributed by atoms with Crippen LogP contribution >= 0.6 is 0 Å². The Morgan fingerprint density at radius 3 is 1.58 bits per heavy atom. The molecule has 7 aromatic rings. The second-order valence-electron chi connectivity index (χ2n) is 11.9. The number of hydrogen-bond donors (Lipinski definition) is 0. The standard InChI is InChI=1S/C44H33N/c1-44(36-19-9-4-10-20-36)42-23-12-11-22-40(42)41-29-28-39(31-43(41)44)45(37-26-24-34(25-27-37)32-14-5-2-6-15-32)38-21-13-18-35(30-38)33-16-7-3-8-17-33/h2-31H,1H3. The van der Waals surface area contributed by atoms with Gasteiger partial charge in [0, 0.05) is 22.5 Å². The summed E-state index contributed by atoms with van der Waals surface area (Å²) in [6.07, 6.45) is 0. The topological polar surface area (TPSA) is 3.24 Å². The fourth-order valence-electron chi connectivity index (χ4n) is 7.04. The van der Waals surface area contributed by atoms with Crippen LogP contribution in [0.25, 0.3) is 33.4 Å². The Morgan fingerprint density at radius 2 is 0.867 bits per heavy atom. The van der Waals surface area contributed by atoms with E-state index < -0.39 is 0 Å². The van der Waals surface area contributed by atoms with Gasteiger partial charge in [-0.3, -0.25) is 0 Å². The fourth-order valence-corrected chi connectivity index (χ4v) is 7.04. The Hall–Kier alpha value is -5.66. The molecule has 1 atom stereocenters. The molecule has 1 aliphatic carbocycles. The monoisotopic (exact) mass is 575 g/mol. The minimum absolute atomic E-state index is 0.266. The lowest BCUT2D eigenvalue weighted by Crippen LogP contribution is -2.22. The molecule has 0 saturated carbocycles. The summed E-state index contributed by atoms with van der Waals surface area (Å²) in [7, 11) is 0. The quantitative estimate of drug-likeness (QED) is 0.191. The van der Waals surface area contributed by atoms with E-state index in [1.54, 1.807) is 0 Å². The highest BCUT2D eigenvalue weighted by Crippen LogP contribution is 2.53. The van der Waals surface area contributed by atoms with Gasteiger partial charge in [-0.25, -0.2) is 0 Å². The van der Waals surface area contributed by atoms with Crippen LogP contribution in [0.4, 0.5) is 17.1 Å². The SMILES string of the molecule is CC1(c2ccccc2)c2ccccc2-c2ccc(N(c3ccc(-c4ccccc4)cc3)c3cccc(-c4ccccc4)c3)cc21. The molecule has 1 nitrogen and oxygen atoms in total. The van der Waals surface area contributed by atoms with Crippen molar-refractivity contribution in [2.24, 2.45) is 0 Å². The van der Waals surface area contributed by atoms with Crippen LogP contribution in [0.2, 0.25) is 0 Å². The van der Waals surface area contributed by atoms with Gasteiger partial charge in [-0.1, -0.05) is 146 Å². The second kappa shape index (κ2) is 11.1. The third-order valence-corrected chi connectivity index (χ3v) is 9.35. The molecule has 0 fully saturated rings. The van der Waals surface area contributed by atoms with E-state index in [2.05, 4.69) is 194 Å². The van der Waals surface area contributed by atoms with Crippen molar-refractivity contribution >= 4 is 17.1 Å². The maximum atomic E-state index is 2.42. The smallest absolute Gasteiger partial charge is 0.0467 e. The van der Waals surface area contributed by atoms with Crippen LogP contribution in [0.1, 0.15) is 23.6 Å². The summed E-state index contributed by atoms with van der Waals surface area (Å²) >= 11 is 0. The number of anilines is 3. The Kier molecular flexibility index (Phi) is 6.65. The van der Waals surface area contributed by atoms with Crippen LogP contribution in [0, 0.1) is 0 Å². The first-order valence-corrected chi connectivity index (χ1v) is 15.6. The molecule has 0 aromatic heterocycles. The summed E-state index contributed by atoms with van der Waals surface area (Å²) in [6.45, 7) is 2.38. The molecule has 1 aliphatic rings. The second-order valence-corrected chi connectivity index (χ2v) is 11.9. The van der Waals surface area contributed by atoms with E-state index in [9.17, 15) is 0 Å². The predicted octanol–water partition coefficient (Wildman–Crippen LogP) is 11.8. The van der Waals surface area contributed by atoms with Crippen molar-refractivity contribution in [1.29, 1.82) is 0 Å². The molecule has 0 N–H and O–H groups in total. The van der Waals surface area contributed by atoms with Crippen LogP contribution in [0.5, 0.6) is 0 Å². The van der Waals surface area contributed by atoms with E-state index in [4.69, 9.17) is 0 Å². The summed E-state index contributed by atoms with van der Waals surface area (Å²) in [6, 6.07) is 65.9. The molecule has 8 rings (SSSR count). The van der Waals surface area contributed by atoms with Crippen LogP contribution in [-0.4, -0.2) is 0 Å². The lowest BCUT2D eigenvalue weighted by atomic mass is 9.74. The first-order valence-electron chi connectivity index (χ1n) is 15.6. The summed E-state index contributed by atoms with van der Waals surface area (Å²) < 4.78 is 0. The fraction of sp³-hybridized carbons (Fsp3) is 0.0455. The largest absolute Gasteiger partial charge is 0.310 e. The van der Waals surface area contributed by atoms with Crippen molar-refractivity contribution < 1.29 is 0 Å². The Labute approximate surface area is 265 Å².